The van der Waals surface area contributed by atoms with Gasteiger partial charge in [0.1, 0.15) is 24.0 Å². The van der Waals surface area contributed by atoms with E-state index in [0.717, 1.165) is 77.7 Å². The average Bonchev–Trinajstić information content (AvgIpc) is 3.73. The molecule has 2 aromatic carbocycles. The molecule has 3 aliphatic rings. The van der Waals surface area contributed by atoms with Crippen LogP contribution in [0, 0.1) is 19.7 Å². The minimum absolute atomic E-state index is 0.00558. The summed E-state index contributed by atoms with van der Waals surface area (Å²) in [6.45, 7) is 5.20. The molecular weight excluding hydrogens is 675 g/mol. The van der Waals surface area contributed by atoms with Crippen molar-refractivity contribution in [2.24, 2.45) is 0 Å². The zero-order valence-corrected chi connectivity index (χ0v) is 29.6. The van der Waals surface area contributed by atoms with Gasteiger partial charge < -0.3 is 9.84 Å². The minimum Gasteiger partial charge on any atom is -0.491 e. The SMILES string of the molecule is Cc1cc(-c2cc(Cl)ccc2OCCn2c(C)nc3c(c2=O)C[C@H](N2CCCC[C@H]2c2cccc(F)c2)CC32CC2)c2scc(C(=O)O)c2n1. The molecule has 50 heavy (non-hydrogen) atoms. The van der Waals surface area contributed by atoms with Crippen molar-refractivity contribution >= 4 is 39.1 Å². The molecule has 11 heteroatoms. The summed E-state index contributed by atoms with van der Waals surface area (Å²) in [5.74, 6) is 0.0248. The molecule has 4 heterocycles. The summed E-state index contributed by atoms with van der Waals surface area (Å²) in [7, 11) is 0. The zero-order chi connectivity index (χ0) is 34.7. The molecule has 0 amide bonds. The number of rotatable bonds is 8. The molecule has 1 saturated carbocycles. The Bertz CT molecular complexity index is 2210. The molecule has 0 radical (unpaired) electrons. The molecule has 258 valence electrons. The molecule has 8 nitrogen and oxygen atoms in total. The van der Waals surface area contributed by atoms with Gasteiger partial charge in [-0.25, -0.2) is 14.2 Å². The van der Waals surface area contributed by atoms with Gasteiger partial charge in [0, 0.05) is 50.3 Å². The van der Waals surface area contributed by atoms with E-state index in [1.165, 1.54) is 17.4 Å². The molecule has 3 aromatic heterocycles. The number of hydrogen-bond donors (Lipinski definition) is 1. The topological polar surface area (TPSA) is 97.6 Å². The summed E-state index contributed by atoms with van der Waals surface area (Å²) in [6.07, 6.45) is 6.87. The first kappa shape index (κ1) is 33.0. The van der Waals surface area contributed by atoms with Crippen molar-refractivity contribution in [3.8, 4) is 16.9 Å². The molecule has 2 fully saturated rings. The quantitative estimate of drug-likeness (QED) is 0.173. The number of hydrogen-bond acceptors (Lipinski definition) is 7. The van der Waals surface area contributed by atoms with E-state index in [9.17, 15) is 19.1 Å². The number of benzene rings is 2. The van der Waals surface area contributed by atoms with E-state index in [2.05, 4.69) is 9.88 Å². The number of ether oxygens (including phenoxy) is 1. The van der Waals surface area contributed by atoms with Crippen molar-refractivity contribution in [1.82, 2.24) is 19.4 Å². The van der Waals surface area contributed by atoms with E-state index in [1.54, 1.807) is 34.2 Å². The number of piperidine rings is 1. The Morgan fingerprint density at radius 3 is 2.74 bits per heavy atom. The van der Waals surface area contributed by atoms with Crippen molar-refractivity contribution < 1.29 is 19.0 Å². The van der Waals surface area contributed by atoms with Gasteiger partial charge in [-0.3, -0.25) is 19.2 Å². The van der Waals surface area contributed by atoms with E-state index in [4.69, 9.17) is 21.3 Å². The maximum absolute atomic E-state index is 14.3. The maximum Gasteiger partial charge on any atom is 0.338 e. The number of nitrogens with zero attached hydrogens (tertiary/aromatic N) is 4. The summed E-state index contributed by atoms with van der Waals surface area (Å²) >= 11 is 7.79. The number of carboxylic acid groups (broad SMARTS) is 1. The standard InChI is InChI=1S/C39H38ClFN4O4S/c1-22-16-29(35-34(42-22)31(21-50-35)38(47)48)28-18-25(40)9-10-33(28)49-15-14-44-23(2)43-36-30(37(44)46)19-27(20-39(36)11-12-39)45-13-4-3-8-32(45)24-6-5-7-26(41)17-24/h5-7,9-10,16-18,21,27,32H,3-4,8,11-15,19-20H2,1-2H3,(H,47,48)/t27-,32-/m0/s1. The van der Waals surface area contributed by atoms with E-state index in [-0.39, 0.29) is 41.0 Å². The molecular formula is C39H38ClFN4O4S. The van der Waals surface area contributed by atoms with Crippen LogP contribution in [0.2, 0.25) is 5.02 Å². The second-order valence-electron chi connectivity index (χ2n) is 14.0. The monoisotopic (exact) mass is 712 g/mol. The van der Waals surface area contributed by atoms with Gasteiger partial charge >= 0.3 is 5.97 Å². The normalized spacial score (nSPS) is 19.8. The van der Waals surface area contributed by atoms with Crippen molar-refractivity contribution in [3.63, 3.8) is 0 Å². The molecule has 2 atom stereocenters. The van der Waals surface area contributed by atoms with Gasteiger partial charge in [-0.1, -0.05) is 30.2 Å². The van der Waals surface area contributed by atoms with Gasteiger partial charge in [0.2, 0.25) is 0 Å². The Balaban J connectivity index is 1.07. The molecule has 5 aromatic rings. The number of aryl methyl sites for hydroxylation is 2. The molecule has 1 saturated heterocycles. The number of likely N-dealkylation sites (tertiary alicyclic amines) is 1. The maximum atomic E-state index is 14.3. The highest BCUT2D eigenvalue weighted by Gasteiger charge is 2.53. The van der Waals surface area contributed by atoms with Crippen molar-refractivity contribution in [2.45, 2.75) is 82.8 Å². The van der Waals surface area contributed by atoms with Crippen molar-refractivity contribution in [3.05, 3.63) is 109 Å². The van der Waals surface area contributed by atoms with Gasteiger partial charge in [-0.05, 0) is 101 Å². The van der Waals surface area contributed by atoms with Gasteiger partial charge in [0.25, 0.3) is 5.56 Å². The summed E-state index contributed by atoms with van der Waals surface area (Å²) in [5.41, 5.74) is 5.53. The van der Waals surface area contributed by atoms with Crippen LogP contribution in [0.15, 0.2) is 58.7 Å². The Kier molecular flexibility index (Phi) is 8.52. The second-order valence-corrected chi connectivity index (χ2v) is 15.3. The highest BCUT2D eigenvalue weighted by molar-refractivity contribution is 7.18. The first-order valence-electron chi connectivity index (χ1n) is 17.3. The number of thiophene rings is 1. The van der Waals surface area contributed by atoms with Crippen LogP contribution in [0.25, 0.3) is 21.3 Å². The van der Waals surface area contributed by atoms with Crippen LogP contribution in [0.3, 0.4) is 0 Å². The number of carbonyl (C=O) groups is 1. The lowest BCUT2D eigenvalue weighted by Gasteiger charge is -2.45. The van der Waals surface area contributed by atoms with Gasteiger partial charge in [-0.2, -0.15) is 0 Å². The van der Waals surface area contributed by atoms with E-state index in [0.29, 0.717) is 40.8 Å². The molecule has 0 bridgehead atoms. The zero-order valence-electron chi connectivity index (χ0n) is 28.0. The summed E-state index contributed by atoms with van der Waals surface area (Å²) in [5, 5.41) is 11.8. The van der Waals surface area contributed by atoms with Crippen LogP contribution < -0.4 is 10.3 Å². The third-order valence-electron chi connectivity index (χ3n) is 10.8. The lowest BCUT2D eigenvalue weighted by Crippen LogP contribution is -2.49. The Hall–Kier alpha value is -4.12. The lowest BCUT2D eigenvalue weighted by molar-refractivity contribution is 0.0699. The van der Waals surface area contributed by atoms with Crippen LogP contribution in [-0.2, 0) is 18.4 Å². The third-order valence-corrected chi connectivity index (χ3v) is 12.0. The smallest absolute Gasteiger partial charge is 0.338 e. The lowest BCUT2D eigenvalue weighted by atomic mass is 9.79. The molecule has 2 aliphatic carbocycles. The summed E-state index contributed by atoms with van der Waals surface area (Å²) < 4.78 is 23.1. The Labute approximate surface area is 298 Å². The number of carboxylic acids is 1. The van der Waals surface area contributed by atoms with E-state index < -0.39 is 5.97 Å². The second kappa shape index (κ2) is 12.9. The average molecular weight is 713 g/mol. The van der Waals surface area contributed by atoms with Crippen molar-refractivity contribution in [2.75, 3.05) is 13.2 Å². The first-order valence-corrected chi connectivity index (χ1v) is 18.5. The van der Waals surface area contributed by atoms with Crippen LogP contribution in [-0.4, -0.2) is 49.7 Å². The fourth-order valence-corrected chi connectivity index (χ4v) is 9.49. The highest BCUT2D eigenvalue weighted by atomic mass is 35.5. The molecule has 1 aliphatic heterocycles. The first-order chi connectivity index (χ1) is 24.1. The molecule has 8 rings (SSSR count). The van der Waals surface area contributed by atoms with Crippen molar-refractivity contribution in [1.29, 1.82) is 0 Å². The number of aromatic carboxylic acids is 1. The van der Waals surface area contributed by atoms with Crippen LogP contribution in [0.5, 0.6) is 5.75 Å². The Morgan fingerprint density at radius 2 is 1.96 bits per heavy atom. The van der Waals surface area contributed by atoms with Gasteiger partial charge in [0.15, 0.2) is 0 Å². The highest BCUT2D eigenvalue weighted by Crippen LogP contribution is 2.55. The number of halogens is 2. The van der Waals surface area contributed by atoms with Crippen LogP contribution >= 0.6 is 22.9 Å². The summed E-state index contributed by atoms with van der Waals surface area (Å²) in [6, 6.07) is 14.6. The predicted molar refractivity (Wildman–Crippen MR) is 193 cm³/mol. The van der Waals surface area contributed by atoms with Crippen LogP contribution in [0.4, 0.5) is 4.39 Å². The fourth-order valence-electron chi connectivity index (χ4n) is 8.31. The van der Waals surface area contributed by atoms with Crippen LogP contribution in [0.1, 0.15) is 83.3 Å². The van der Waals surface area contributed by atoms with E-state index >= 15 is 0 Å². The third kappa shape index (κ3) is 5.91. The number of fused-ring (bicyclic) bond motifs is 3. The van der Waals surface area contributed by atoms with E-state index in [1.807, 2.05) is 32.0 Å². The molecule has 1 N–H and O–H groups in total. The number of pyridine rings is 1. The number of aromatic nitrogens is 3. The Morgan fingerprint density at radius 1 is 1.12 bits per heavy atom. The molecule has 1 spiro atoms. The predicted octanol–water partition coefficient (Wildman–Crippen LogP) is 8.28. The van der Waals surface area contributed by atoms with Gasteiger partial charge in [-0.15, -0.1) is 11.3 Å². The minimum atomic E-state index is -1.02. The fraction of sp³-hybridized carbons (Fsp3) is 0.385. The summed E-state index contributed by atoms with van der Waals surface area (Å²) in [4.78, 5) is 38.3. The van der Waals surface area contributed by atoms with Gasteiger partial charge in [0.05, 0.1) is 28.0 Å². The largest absolute Gasteiger partial charge is 0.491 e. The molecule has 0 unspecified atom stereocenters.